The molecule has 0 aliphatic rings. The summed E-state index contributed by atoms with van der Waals surface area (Å²) in [5.74, 6) is -0.244. The van der Waals surface area contributed by atoms with E-state index in [1.807, 2.05) is 0 Å². The molecule has 0 aliphatic heterocycles. The summed E-state index contributed by atoms with van der Waals surface area (Å²) in [6, 6.07) is 8.05. The molecule has 0 unspecified atom stereocenters. The van der Waals surface area contributed by atoms with E-state index in [4.69, 9.17) is 0 Å². The zero-order valence-corrected chi connectivity index (χ0v) is 14.8. The van der Waals surface area contributed by atoms with E-state index in [2.05, 4.69) is 25.3 Å². The molecule has 0 fully saturated rings. The third-order valence-electron chi connectivity index (χ3n) is 3.86. The van der Waals surface area contributed by atoms with Crippen LogP contribution in [0, 0.1) is 0 Å². The van der Waals surface area contributed by atoms with Crippen LogP contribution in [0.25, 0.3) is 22.3 Å². The van der Waals surface area contributed by atoms with Gasteiger partial charge in [-0.2, -0.15) is 13.2 Å². The molecule has 140 valence electrons. The molecular formula is C18H10F3N5OS. The number of benzene rings is 1. The Morgan fingerprint density at radius 3 is 2.71 bits per heavy atom. The van der Waals surface area contributed by atoms with Gasteiger partial charge in [-0.05, 0) is 24.3 Å². The highest BCUT2D eigenvalue weighted by molar-refractivity contribution is 7.11. The number of rotatable bonds is 3. The first-order valence-electron chi connectivity index (χ1n) is 7.91. The summed E-state index contributed by atoms with van der Waals surface area (Å²) in [6.07, 6.45) is -1.76. The van der Waals surface area contributed by atoms with Crippen LogP contribution in [0.15, 0.2) is 54.4 Å². The second-order valence-corrected chi connectivity index (χ2v) is 6.57. The maximum Gasteiger partial charge on any atom is 0.416 e. The number of carbonyl (C=O) groups excluding carboxylic acids is 1. The Morgan fingerprint density at radius 2 is 1.96 bits per heavy atom. The fraction of sp³-hybridized carbons (Fsp3) is 0.0556. The van der Waals surface area contributed by atoms with Gasteiger partial charge in [0.15, 0.2) is 5.82 Å². The molecule has 4 aromatic rings. The van der Waals surface area contributed by atoms with E-state index in [1.54, 1.807) is 12.1 Å². The van der Waals surface area contributed by atoms with Crippen LogP contribution in [0.5, 0.6) is 0 Å². The molecule has 1 aromatic carbocycles. The molecule has 3 aromatic heterocycles. The van der Waals surface area contributed by atoms with Gasteiger partial charge in [0.1, 0.15) is 16.7 Å². The second kappa shape index (κ2) is 6.97. The van der Waals surface area contributed by atoms with Crippen LogP contribution in [0.3, 0.4) is 0 Å². The Hall–Kier alpha value is -3.40. The van der Waals surface area contributed by atoms with Crippen LogP contribution in [-0.4, -0.2) is 25.8 Å². The number of aromatic nitrogens is 4. The predicted molar refractivity (Wildman–Crippen MR) is 97.8 cm³/mol. The third-order valence-corrected chi connectivity index (χ3v) is 4.63. The van der Waals surface area contributed by atoms with E-state index < -0.39 is 17.6 Å². The fourth-order valence-corrected chi connectivity index (χ4v) is 3.06. The zero-order valence-electron chi connectivity index (χ0n) is 13.9. The molecule has 0 saturated heterocycles. The molecule has 6 nitrogen and oxygen atoms in total. The lowest BCUT2D eigenvalue weighted by Gasteiger charge is -2.10. The molecule has 1 N–H and O–H groups in total. The molecule has 0 aliphatic carbocycles. The Balaban J connectivity index is 1.75. The molecule has 0 bridgehead atoms. The number of carbonyl (C=O) groups is 1. The Labute approximate surface area is 160 Å². The number of amides is 1. The number of anilines is 1. The third kappa shape index (κ3) is 3.54. The summed E-state index contributed by atoms with van der Waals surface area (Å²) in [4.78, 5) is 29.0. The summed E-state index contributed by atoms with van der Waals surface area (Å²) in [5, 5.41) is 2.64. The molecule has 10 heteroatoms. The smallest absolute Gasteiger partial charge is 0.304 e. The number of hydrogen-bond acceptors (Lipinski definition) is 6. The normalized spacial score (nSPS) is 11.5. The molecule has 28 heavy (non-hydrogen) atoms. The molecule has 3 heterocycles. The largest absolute Gasteiger partial charge is 0.416 e. The van der Waals surface area contributed by atoms with Crippen molar-refractivity contribution in [2.24, 2.45) is 0 Å². The van der Waals surface area contributed by atoms with Gasteiger partial charge in [0.2, 0.25) is 0 Å². The molecular weight excluding hydrogens is 391 g/mol. The van der Waals surface area contributed by atoms with Crippen molar-refractivity contribution in [3.8, 4) is 11.3 Å². The average molecular weight is 401 g/mol. The van der Waals surface area contributed by atoms with E-state index in [0.29, 0.717) is 21.7 Å². The number of halogens is 3. The van der Waals surface area contributed by atoms with Gasteiger partial charge < -0.3 is 5.32 Å². The Kier molecular flexibility index (Phi) is 4.47. The summed E-state index contributed by atoms with van der Waals surface area (Å²) >= 11 is 1.17. The number of pyridine rings is 1. The highest BCUT2D eigenvalue weighted by atomic mass is 32.1. The minimum atomic E-state index is -4.45. The molecule has 0 saturated carbocycles. The van der Waals surface area contributed by atoms with Crippen molar-refractivity contribution in [2.45, 2.75) is 6.18 Å². The van der Waals surface area contributed by atoms with Crippen molar-refractivity contribution < 1.29 is 18.0 Å². The second-order valence-electron chi connectivity index (χ2n) is 5.68. The first-order valence-corrected chi connectivity index (χ1v) is 8.79. The molecule has 1 amide bonds. The number of fused-ring (bicyclic) bond motifs is 1. The van der Waals surface area contributed by atoms with Gasteiger partial charge in [-0.3, -0.25) is 9.78 Å². The van der Waals surface area contributed by atoms with Crippen LogP contribution >= 0.6 is 11.3 Å². The van der Waals surface area contributed by atoms with Crippen molar-refractivity contribution in [3.63, 3.8) is 0 Å². The van der Waals surface area contributed by atoms with E-state index in [0.717, 1.165) is 12.1 Å². The van der Waals surface area contributed by atoms with Crippen LogP contribution in [0.2, 0.25) is 0 Å². The van der Waals surface area contributed by atoms with E-state index in [9.17, 15) is 18.0 Å². The molecule has 0 spiro atoms. The maximum atomic E-state index is 13.0. The van der Waals surface area contributed by atoms with Gasteiger partial charge in [0, 0.05) is 5.56 Å². The molecule has 0 radical (unpaired) electrons. The summed E-state index contributed by atoms with van der Waals surface area (Å²) in [5.41, 5.74) is 2.08. The number of nitrogens with one attached hydrogen (secondary N) is 1. The topological polar surface area (TPSA) is 80.7 Å². The van der Waals surface area contributed by atoms with Crippen LogP contribution in [0.4, 0.5) is 19.0 Å². The molecule has 4 rings (SSSR count). The van der Waals surface area contributed by atoms with Gasteiger partial charge in [0.25, 0.3) is 5.91 Å². The van der Waals surface area contributed by atoms with E-state index in [-0.39, 0.29) is 11.3 Å². The van der Waals surface area contributed by atoms with Gasteiger partial charge in [-0.25, -0.2) is 15.0 Å². The van der Waals surface area contributed by atoms with Crippen LogP contribution in [0.1, 0.15) is 15.2 Å². The average Bonchev–Trinajstić information content (AvgIpc) is 3.22. The number of thiazole rings is 1. The Morgan fingerprint density at radius 1 is 1.11 bits per heavy atom. The monoisotopic (exact) mass is 401 g/mol. The van der Waals surface area contributed by atoms with Gasteiger partial charge in [-0.1, -0.05) is 12.1 Å². The van der Waals surface area contributed by atoms with Gasteiger partial charge in [0.05, 0.1) is 28.5 Å². The summed E-state index contributed by atoms with van der Waals surface area (Å²) in [6.45, 7) is 0. The lowest BCUT2D eigenvalue weighted by Crippen LogP contribution is -2.12. The summed E-state index contributed by atoms with van der Waals surface area (Å²) < 4.78 is 39.0. The highest BCUT2D eigenvalue weighted by Crippen LogP contribution is 2.32. The van der Waals surface area contributed by atoms with Crippen molar-refractivity contribution >= 4 is 34.1 Å². The Bertz CT molecular complexity index is 1160. The summed E-state index contributed by atoms with van der Waals surface area (Å²) in [7, 11) is 0. The highest BCUT2D eigenvalue weighted by Gasteiger charge is 2.30. The SMILES string of the molecule is O=C(Nc1ncnc2ccc(-c3cccc(C(F)(F)F)c3)nc12)c1cncs1. The van der Waals surface area contributed by atoms with E-state index >= 15 is 0 Å². The lowest BCUT2D eigenvalue weighted by atomic mass is 10.1. The maximum absolute atomic E-state index is 13.0. The predicted octanol–water partition coefficient (Wildman–Crippen LogP) is 4.42. The lowest BCUT2D eigenvalue weighted by molar-refractivity contribution is -0.137. The fourth-order valence-electron chi connectivity index (χ4n) is 2.54. The zero-order chi connectivity index (χ0) is 19.7. The van der Waals surface area contributed by atoms with Gasteiger partial charge >= 0.3 is 6.18 Å². The first kappa shape index (κ1) is 18.0. The van der Waals surface area contributed by atoms with Crippen LogP contribution in [-0.2, 0) is 6.18 Å². The first-order chi connectivity index (χ1) is 13.4. The van der Waals surface area contributed by atoms with E-state index in [1.165, 1.54) is 41.5 Å². The van der Waals surface area contributed by atoms with Crippen LogP contribution < -0.4 is 5.32 Å². The minimum absolute atomic E-state index is 0.164. The van der Waals surface area contributed by atoms with Crippen molar-refractivity contribution in [1.29, 1.82) is 0 Å². The quantitative estimate of drug-likeness (QED) is 0.550. The van der Waals surface area contributed by atoms with Crippen molar-refractivity contribution in [1.82, 2.24) is 19.9 Å². The van der Waals surface area contributed by atoms with Crippen molar-refractivity contribution in [3.05, 3.63) is 64.9 Å². The molecule has 0 atom stereocenters. The standard InChI is InChI=1S/C18H10F3N5OS/c19-18(20,21)11-3-1-2-10(6-11)12-4-5-13-15(25-12)16(24-8-23-13)26-17(27)14-7-22-9-28-14/h1-9H,(H,23,24,26,27). The van der Waals surface area contributed by atoms with Crippen molar-refractivity contribution in [2.75, 3.05) is 5.32 Å². The number of hydrogen-bond donors (Lipinski definition) is 1. The minimum Gasteiger partial charge on any atom is -0.304 e. The number of alkyl halides is 3. The number of nitrogens with zero attached hydrogens (tertiary/aromatic N) is 4. The van der Waals surface area contributed by atoms with Gasteiger partial charge in [-0.15, -0.1) is 11.3 Å².